The molecule has 1 fully saturated rings. The topological polar surface area (TPSA) is 314 Å². The number of urea groups is 1. The Balaban J connectivity index is 0.621. The molecule has 2 aliphatic heterocycles. The van der Waals surface area contributed by atoms with Gasteiger partial charge in [-0.15, -0.1) is 0 Å². The van der Waals surface area contributed by atoms with Gasteiger partial charge in [0.2, 0.25) is 11.9 Å². The minimum atomic E-state index is -1.28. The number of carboxylic acid groups (broad SMARTS) is 1. The molecule has 5 amide bonds. The van der Waals surface area contributed by atoms with Gasteiger partial charge in [0.25, 0.3) is 11.8 Å². The van der Waals surface area contributed by atoms with E-state index < -0.39 is 30.0 Å². The molecule has 1 saturated heterocycles. The number of carboxylic acids is 1. The summed E-state index contributed by atoms with van der Waals surface area (Å²) in [4.78, 5) is 90.2. The third-order valence-electron chi connectivity index (χ3n) is 13.3. The molecule has 5 heterocycles. The summed E-state index contributed by atoms with van der Waals surface area (Å²) >= 11 is 0. The van der Waals surface area contributed by atoms with Gasteiger partial charge in [0, 0.05) is 60.8 Å². The number of carbonyl (C=O) groups excluding carboxylic acids is 4. The van der Waals surface area contributed by atoms with E-state index in [1.165, 1.54) is 4.90 Å². The second kappa shape index (κ2) is 28.0. The fraction of sp³-hybridized carbons (Fsp3) is 0.436. The summed E-state index contributed by atoms with van der Waals surface area (Å²) in [5, 5.41) is 16.0. The number of para-hydroxylation sites is 1. The maximum atomic E-state index is 13.8. The third-order valence-corrected chi connectivity index (χ3v) is 13.3. The zero-order chi connectivity index (χ0) is 55.7. The summed E-state index contributed by atoms with van der Waals surface area (Å²) < 4.78 is 34.0. The van der Waals surface area contributed by atoms with Crippen LogP contribution in [-0.4, -0.2) is 174 Å². The monoisotopic (exact) mass is 1090 g/mol. The predicted molar refractivity (Wildman–Crippen MR) is 291 cm³/mol. The molecule has 3 aromatic carbocycles. The number of unbranched alkanes of at least 4 members (excludes halogenated alkanes) is 1. The van der Waals surface area contributed by atoms with Crippen LogP contribution in [0.3, 0.4) is 0 Å². The minimum Gasteiger partial charge on any atom is -0.491 e. The van der Waals surface area contributed by atoms with Crippen molar-refractivity contribution in [3.8, 4) is 5.75 Å². The van der Waals surface area contributed by atoms with Crippen molar-refractivity contribution >= 4 is 69.2 Å². The SMILES string of the molecule is CCCCN1C(=O)[C@@H]2Cc3c([nH]c4ccccc34)[C@@H](c3cccc(OCCOCCOCCOCCOCCOCCNC(=O)CC[C@H](NC(=O)c4ccc(N(C)Cc5cnc6nc(N)nc(N)c6n5)cc4)C(=O)O)c3)N2C1=O. The Morgan fingerprint density at radius 1 is 0.848 bits per heavy atom. The van der Waals surface area contributed by atoms with Crippen molar-refractivity contribution in [2.75, 3.05) is 109 Å². The lowest BCUT2D eigenvalue weighted by Crippen LogP contribution is -2.44. The number of imide groups is 1. The molecule has 24 nitrogen and oxygen atoms in total. The molecular formula is C55H68N12O12. The highest BCUT2D eigenvalue weighted by Gasteiger charge is 2.52. The Bertz CT molecular complexity index is 3050. The molecule has 24 heteroatoms. The van der Waals surface area contributed by atoms with Crippen LogP contribution < -0.4 is 31.7 Å². The van der Waals surface area contributed by atoms with Gasteiger partial charge in [0.05, 0.1) is 84.5 Å². The normalized spacial score (nSPS) is 15.3. The smallest absolute Gasteiger partial charge is 0.328 e. The second-order valence-corrected chi connectivity index (χ2v) is 18.9. The number of rotatable bonds is 32. The number of carbonyl (C=O) groups is 5. The standard InChI is InChI=1S/C55H68N12O12/c1-3-4-19-66-52(70)44-32-41-40-10-5-6-11-42(40)61-46(41)48(67(44)55(66)73)36-8-7-9-39(31-36)79-30-29-78-28-27-77-26-25-76-24-23-75-22-21-74-20-18-58-45(68)17-16-43(53(71)72)62-51(69)35-12-14-38(15-13-35)65(2)34-37-33-59-50-47(60-37)49(56)63-54(57)64-50/h5-15,31,33,43-44,48,61H,3-4,16-30,32,34H2,1-2H3,(H,58,68)(H,62,69)(H,71,72)(H4,56,57,59,63,64)/t43-,44-,48+/m0/s1. The predicted octanol–water partition coefficient (Wildman–Crippen LogP) is 4.02. The highest BCUT2D eigenvalue weighted by Crippen LogP contribution is 2.44. The van der Waals surface area contributed by atoms with Gasteiger partial charge < -0.3 is 65.5 Å². The average Bonchev–Trinajstić information content (AvgIpc) is 3.92. The Morgan fingerprint density at radius 2 is 1.53 bits per heavy atom. The number of nitrogens with two attached hydrogens (primary N) is 2. The van der Waals surface area contributed by atoms with E-state index in [2.05, 4.69) is 41.6 Å². The van der Waals surface area contributed by atoms with Crippen molar-refractivity contribution in [3.63, 3.8) is 0 Å². The van der Waals surface area contributed by atoms with Crippen molar-refractivity contribution in [2.45, 2.75) is 63.7 Å². The molecule has 2 aliphatic rings. The number of ether oxygens (including phenoxy) is 6. The van der Waals surface area contributed by atoms with E-state index in [9.17, 15) is 29.1 Å². The van der Waals surface area contributed by atoms with Crippen molar-refractivity contribution in [1.29, 1.82) is 0 Å². The summed E-state index contributed by atoms with van der Waals surface area (Å²) in [6.07, 6.45) is 3.43. The number of nitrogens with one attached hydrogen (secondary N) is 3. The highest BCUT2D eigenvalue weighted by atomic mass is 16.6. The molecule has 420 valence electrons. The maximum absolute atomic E-state index is 13.8. The number of benzene rings is 3. The number of anilines is 3. The van der Waals surface area contributed by atoms with Crippen LogP contribution in [0.4, 0.5) is 22.2 Å². The number of hydrogen-bond donors (Lipinski definition) is 6. The van der Waals surface area contributed by atoms with Gasteiger partial charge in [-0.05, 0) is 66.4 Å². The number of aliphatic carboxylic acids is 1. The molecule has 6 aromatic rings. The first-order valence-electron chi connectivity index (χ1n) is 26.4. The number of aromatic nitrogens is 5. The van der Waals surface area contributed by atoms with Crippen LogP contribution in [0, 0.1) is 0 Å². The van der Waals surface area contributed by atoms with Crippen LogP contribution in [0.25, 0.3) is 22.1 Å². The Hall–Kier alpha value is -8.03. The molecular weight excluding hydrogens is 1020 g/mol. The highest BCUT2D eigenvalue weighted by molar-refractivity contribution is 6.06. The van der Waals surface area contributed by atoms with Crippen molar-refractivity contribution < 1.29 is 57.5 Å². The van der Waals surface area contributed by atoms with Crippen molar-refractivity contribution in [2.24, 2.45) is 0 Å². The second-order valence-electron chi connectivity index (χ2n) is 18.9. The fourth-order valence-electron chi connectivity index (χ4n) is 9.36. The number of hydrogen-bond acceptors (Lipinski definition) is 18. The van der Waals surface area contributed by atoms with Gasteiger partial charge >= 0.3 is 12.0 Å². The molecule has 8 rings (SSSR count). The number of amides is 5. The molecule has 0 aliphatic carbocycles. The lowest BCUT2D eigenvalue weighted by atomic mass is 9.89. The zero-order valence-electron chi connectivity index (χ0n) is 44.4. The molecule has 0 radical (unpaired) electrons. The average molecular weight is 1090 g/mol. The maximum Gasteiger partial charge on any atom is 0.328 e. The first kappa shape index (κ1) is 57.2. The van der Waals surface area contributed by atoms with Gasteiger partial charge in [0.15, 0.2) is 17.0 Å². The van der Waals surface area contributed by atoms with Gasteiger partial charge in [-0.1, -0.05) is 43.7 Å². The molecule has 0 spiro atoms. The Morgan fingerprint density at radius 3 is 2.23 bits per heavy atom. The van der Waals surface area contributed by atoms with Crippen LogP contribution in [0.2, 0.25) is 0 Å². The number of H-pyrrole nitrogens is 1. The molecule has 3 aromatic heterocycles. The van der Waals surface area contributed by atoms with Gasteiger partial charge in [0.1, 0.15) is 30.5 Å². The molecule has 8 N–H and O–H groups in total. The number of fused-ring (bicyclic) bond motifs is 5. The van der Waals surface area contributed by atoms with Crippen molar-refractivity contribution in [1.82, 2.24) is 45.4 Å². The molecule has 0 saturated carbocycles. The first-order chi connectivity index (χ1) is 38.4. The zero-order valence-corrected chi connectivity index (χ0v) is 44.4. The van der Waals surface area contributed by atoms with Crippen LogP contribution in [0.5, 0.6) is 5.75 Å². The van der Waals surface area contributed by atoms with Gasteiger partial charge in [-0.2, -0.15) is 9.97 Å². The summed E-state index contributed by atoms with van der Waals surface area (Å²) in [5.41, 5.74) is 17.6. The lowest BCUT2D eigenvalue weighted by Gasteiger charge is -2.36. The van der Waals surface area contributed by atoms with Crippen LogP contribution in [-0.2, 0) is 51.0 Å². The van der Waals surface area contributed by atoms with Gasteiger partial charge in [-0.25, -0.2) is 19.6 Å². The van der Waals surface area contributed by atoms with Crippen LogP contribution in [0.15, 0.2) is 79.0 Å². The van der Waals surface area contributed by atoms with E-state index in [1.54, 1.807) is 35.4 Å². The van der Waals surface area contributed by atoms with E-state index >= 15 is 0 Å². The Labute approximate surface area is 456 Å². The van der Waals surface area contributed by atoms with E-state index in [4.69, 9.17) is 39.9 Å². The van der Waals surface area contributed by atoms with Crippen molar-refractivity contribution in [3.05, 3.63) is 107 Å². The Kier molecular flexibility index (Phi) is 20.3. The minimum absolute atomic E-state index is 0.00526. The quantitative estimate of drug-likeness (QED) is 0.0257. The number of nitrogen functional groups attached to an aromatic ring is 2. The van der Waals surface area contributed by atoms with E-state index in [0.29, 0.717) is 103 Å². The summed E-state index contributed by atoms with van der Waals surface area (Å²) in [5.74, 6) is -1.61. The van der Waals surface area contributed by atoms with E-state index in [0.717, 1.165) is 46.3 Å². The molecule has 0 bridgehead atoms. The molecule has 3 atom stereocenters. The molecule has 79 heavy (non-hydrogen) atoms. The van der Waals surface area contributed by atoms with E-state index in [1.807, 2.05) is 61.3 Å². The summed E-state index contributed by atoms with van der Waals surface area (Å²) in [6, 6.07) is 19.7. The van der Waals surface area contributed by atoms with Crippen LogP contribution >= 0.6 is 0 Å². The lowest BCUT2D eigenvalue weighted by molar-refractivity contribution is -0.139. The summed E-state index contributed by atoms with van der Waals surface area (Å²) in [6.45, 7) is 6.81. The summed E-state index contributed by atoms with van der Waals surface area (Å²) in [7, 11) is 1.83. The van der Waals surface area contributed by atoms with Crippen LogP contribution in [0.1, 0.15) is 71.5 Å². The number of aromatic amines is 1. The first-order valence-corrected chi connectivity index (χ1v) is 26.4. The van der Waals surface area contributed by atoms with Gasteiger partial charge in [-0.3, -0.25) is 24.2 Å². The third kappa shape index (κ3) is 15.0. The molecule has 0 unspecified atom stereocenters. The van der Waals surface area contributed by atoms with E-state index in [-0.39, 0.29) is 66.8 Å². The fourth-order valence-corrected chi connectivity index (χ4v) is 9.36. The number of nitrogens with zero attached hydrogens (tertiary/aromatic N) is 7. The largest absolute Gasteiger partial charge is 0.491 e.